The van der Waals surface area contributed by atoms with Gasteiger partial charge in [-0.05, 0) is 37.4 Å². The molecule has 2 nitrogen and oxygen atoms in total. The average Bonchev–Trinajstić information content (AvgIpc) is 2.59. The lowest BCUT2D eigenvalue weighted by molar-refractivity contribution is 0.504. The van der Waals surface area contributed by atoms with Gasteiger partial charge in [0.15, 0.2) is 0 Å². The predicted molar refractivity (Wildman–Crippen MR) is 72.6 cm³/mol. The Hall–Kier alpha value is -1.02. The van der Waals surface area contributed by atoms with Gasteiger partial charge >= 0.3 is 0 Å². The van der Waals surface area contributed by atoms with E-state index in [0.29, 0.717) is 6.04 Å². The second kappa shape index (κ2) is 5.09. The van der Waals surface area contributed by atoms with Crippen LogP contribution >= 0.6 is 0 Å². The third-order valence-corrected chi connectivity index (χ3v) is 4.09. The number of fused-ring (bicyclic) bond motifs is 1. The summed E-state index contributed by atoms with van der Waals surface area (Å²) in [6, 6.07) is 9.57. The molecule has 1 saturated heterocycles. The molecule has 0 spiro atoms. The van der Waals surface area contributed by atoms with Crippen molar-refractivity contribution in [2.24, 2.45) is 0 Å². The van der Waals surface area contributed by atoms with Crippen LogP contribution in [0.25, 0.3) is 0 Å². The van der Waals surface area contributed by atoms with Crippen molar-refractivity contribution in [2.45, 2.75) is 38.1 Å². The number of hydrogen-bond acceptors (Lipinski definition) is 2. The summed E-state index contributed by atoms with van der Waals surface area (Å²) in [5.74, 6) is 0. The fourth-order valence-electron chi connectivity index (χ4n) is 3.12. The standard InChI is InChI=1S/C15H22N2/c1-2-7-14(16-10-5-1)12-17-11-9-13-6-3-4-8-15(13)17/h3-4,6,8,14,16H,1-2,5,7,9-12H2. The van der Waals surface area contributed by atoms with Crippen LogP contribution in [0.3, 0.4) is 0 Å². The zero-order valence-corrected chi connectivity index (χ0v) is 10.5. The zero-order chi connectivity index (χ0) is 11.5. The molecule has 17 heavy (non-hydrogen) atoms. The van der Waals surface area contributed by atoms with Gasteiger partial charge in [-0.15, -0.1) is 0 Å². The molecular formula is C15H22N2. The van der Waals surface area contributed by atoms with Crippen LogP contribution in [0, 0.1) is 0 Å². The van der Waals surface area contributed by atoms with E-state index in [2.05, 4.69) is 34.5 Å². The SMILES string of the molecule is c1ccc2c(c1)CCN2CC1CCCCCN1. The van der Waals surface area contributed by atoms with Crippen molar-refractivity contribution < 1.29 is 0 Å². The van der Waals surface area contributed by atoms with Crippen molar-refractivity contribution in [1.29, 1.82) is 0 Å². The number of benzene rings is 1. The van der Waals surface area contributed by atoms with E-state index in [1.165, 1.54) is 63.0 Å². The molecule has 1 aromatic carbocycles. The van der Waals surface area contributed by atoms with Gasteiger partial charge in [-0.3, -0.25) is 0 Å². The maximum Gasteiger partial charge on any atom is 0.0400 e. The molecule has 1 unspecified atom stereocenters. The van der Waals surface area contributed by atoms with Crippen LogP contribution in [0.4, 0.5) is 5.69 Å². The second-order valence-corrected chi connectivity index (χ2v) is 5.33. The lowest BCUT2D eigenvalue weighted by Gasteiger charge is -2.25. The molecule has 92 valence electrons. The molecule has 2 aliphatic heterocycles. The quantitative estimate of drug-likeness (QED) is 0.840. The number of hydrogen-bond donors (Lipinski definition) is 1. The summed E-state index contributed by atoms with van der Waals surface area (Å²) in [4.78, 5) is 2.57. The fourth-order valence-corrected chi connectivity index (χ4v) is 3.12. The summed E-state index contributed by atoms with van der Waals surface area (Å²) in [6.45, 7) is 3.61. The van der Waals surface area contributed by atoms with Gasteiger partial charge in [0.2, 0.25) is 0 Å². The molecular weight excluding hydrogens is 208 g/mol. The first-order chi connectivity index (χ1) is 8.43. The summed E-state index contributed by atoms with van der Waals surface area (Å²) in [5.41, 5.74) is 3.00. The Morgan fingerprint density at radius 1 is 1.18 bits per heavy atom. The van der Waals surface area contributed by atoms with Crippen LogP contribution in [0.1, 0.15) is 31.2 Å². The number of anilines is 1. The van der Waals surface area contributed by atoms with E-state index >= 15 is 0 Å². The smallest absolute Gasteiger partial charge is 0.0400 e. The van der Waals surface area contributed by atoms with Gasteiger partial charge in [0, 0.05) is 24.8 Å². The normalized spacial score (nSPS) is 24.5. The monoisotopic (exact) mass is 230 g/mol. The van der Waals surface area contributed by atoms with E-state index < -0.39 is 0 Å². The minimum absolute atomic E-state index is 0.698. The van der Waals surface area contributed by atoms with Crippen molar-refractivity contribution >= 4 is 5.69 Å². The van der Waals surface area contributed by atoms with E-state index in [4.69, 9.17) is 0 Å². The van der Waals surface area contributed by atoms with Gasteiger partial charge in [0.05, 0.1) is 0 Å². The average molecular weight is 230 g/mol. The highest BCUT2D eigenvalue weighted by atomic mass is 15.2. The molecule has 0 aromatic heterocycles. The van der Waals surface area contributed by atoms with Gasteiger partial charge in [0.25, 0.3) is 0 Å². The lowest BCUT2D eigenvalue weighted by Crippen LogP contribution is -2.40. The van der Waals surface area contributed by atoms with Crippen LogP contribution in [0.15, 0.2) is 24.3 Å². The Morgan fingerprint density at radius 2 is 2.12 bits per heavy atom. The first kappa shape index (κ1) is 11.1. The molecule has 3 rings (SSSR count). The molecule has 0 aliphatic carbocycles. The highest BCUT2D eigenvalue weighted by Crippen LogP contribution is 2.27. The molecule has 2 heteroatoms. The van der Waals surface area contributed by atoms with Crippen LogP contribution in [0.2, 0.25) is 0 Å². The van der Waals surface area contributed by atoms with Gasteiger partial charge < -0.3 is 10.2 Å². The van der Waals surface area contributed by atoms with Crippen LogP contribution in [0.5, 0.6) is 0 Å². The van der Waals surface area contributed by atoms with Crippen molar-refractivity contribution in [3.8, 4) is 0 Å². The second-order valence-electron chi connectivity index (χ2n) is 5.33. The molecule has 1 aromatic rings. The molecule has 2 aliphatic rings. The van der Waals surface area contributed by atoms with E-state index in [-0.39, 0.29) is 0 Å². The van der Waals surface area contributed by atoms with Gasteiger partial charge in [-0.1, -0.05) is 31.0 Å². The minimum Gasteiger partial charge on any atom is -0.369 e. The third kappa shape index (κ3) is 2.47. The first-order valence-corrected chi connectivity index (χ1v) is 7.00. The van der Waals surface area contributed by atoms with Crippen LogP contribution < -0.4 is 10.2 Å². The number of nitrogens with one attached hydrogen (secondary N) is 1. The minimum atomic E-state index is 0.698. The first-order valence-electron chi connectivity index (χ1n) is 7.00. The number of para-hydroxylation sites is 1. The molecule has 0 amide bonds. The van der Waals surface area contributed by atoms with Crippen molar-refractivity contribution in [3.63, 3.8) is 0 Å². The zero-order valence-electron chi connectivity index (χ0n) is 10.5. The summed E-state index contributed by atoms with van der Waals surface area (Å²) in [5, 5.41) is 3.70. The van der Waals surface area contributed by atoms with E-state index in [1.807, 2.05) is 0 Å². The fraction of sp³-hybridized carbons (Fsp3) is 0.600. The van der Waals surface area contributed by atoms with Gasteiger partial charge in [0.1, 0.15) is 0 Å². The molecule has 2 heterocycles. The summed E-state index contributed by atoms with van der Waals surface area (Å²) >= 11 is 0. The topological polar surface area (TPSA) is 15.3 Å². The maximum atomic E-state index is 3.70. The van der Waals surface area contributed by atoms with Gasteiger partial charge in [-0.2, -0.15) is 0 Å². The van der Waals surface area contributed by atoms with E-state index in [9.17, 15) is 0 Å². The number of rotatable bonds is 2. The summed E-state index contributed by atoms with van der Waals surface area (Å²) in [7, 11) is 0. The van der Waals surface area contributed by atoms with E-state index in [0.717, 1.165) is 0 Å². The van der Waals surface area contributed by atoms with Crippen LogP contribution in [-0.2, 0) is 6.42 Å². The lowest BCUT2D eigenvalue weighted by atomic mass is 10.1. The Balaban J connectivity index is 1.66. The highest BCUT2D eigenvalue weighted by Gasteiger charge is 2.21. The molecule has 1 atom stereocenters. The van der Waals surface area contributed by atoms with Crippen molar-refractivity contribution in [3.05, 3.63) is 29.8 Å². The molecule has 1 N–H and O–H groups in total. The molecule has 1 fully saturated rings. The largest absolute Gasteiger partial charge is 0.369 e. The Bertz CT molecular complexity index is 367. The third-order valence-electron chi connectivity index (χ3n) is 4.09. The van der Waals surface area contributed by atoms with Crippen molar-refractivity contribution in [2.75, 3.05) is 24.5 Å². The Kier molecular flexibility index (Phi) is 3.32. The molecule has 0 bridgehead atoms. The van der Waals surface area contributed by atoms with E-state index in [1.54, 1.807) is 0 Å². The van der Waals surface area contributed by atoms with Crippen molar-refractivity contribution in [1.82, 2.24) is 5.32 Å². The maximum absolute atomic E-state index is 3.70. The molecule has 0 radical (unpaired) electrons. The predicted octanol–water partition coefficient (Wildman–Crippen LogP) is 2.58. The Labute approximate surface area is 104 Å². The van der Waals surface area contributed by atoms with Gasteiger partial charge in [-0.25, -0.2) is 0 Å². The summed E-state index contributed by atoms with van der Waals surface area (Å²) < 4.78 is 0. The number of nitrogens with zero attached hydrogens (tertiary/aromatic N) is 1. The van der Waals surface area contributed by atoms with Crippen LogP contribution in [-0.4, -0.2) is 25.7 Å². The highest BCUT2D eigenvalue weighted by molar-refractivity contribution is 5.57. The Morgan fingerprint density at radius 3 is 3.12 bits per heavy atom. The summed E-state index contributed by atoms with van der Waals surface area (Å²) in [6.07, 6.45) is 6.72. The molecule has 0 saturated carbocycles.